The fourth-order valence-electron chi connectivity index (χ4n) is 7.89. The molecule has 1 unspecified atom stereocenters. The number of fused-ring (bicyclic) bond motifs is 1. The second-order valence-electron chi connectivity index (χ2n) is 14.4. The van der Waals surface area contributed by atoms with Crippen molar-refractivity contribution in [3.05, 3.63) is 97.1 Å². The lowest BCUT2D eigenvalue weighted by Gasteiger charge is -2.43. The Morgan fingerprint density at radius 2 is 1.72 bits per heavy atom. The molecule has 3 amide bonds. The minimum Gasteiger partial charge on any atom is -0.455 e. The van der Waals surface area contributed by atoms with Crippen LogP contribution in [0, 0.1) is 11.8 Å². The molecule has 3 aliphatic heterocycles. The third kappa shape index (κ3) is 6.92. The van der Waals surface area contributed by atoms with E-state index in [4.69, 9.17) is 9.47 Å². The standard InChI is InChI=1S/C39H48BrN3O7/c1-7-9-20-29(45)41-24(3)32(26-18-14-11-15-19-26)49-37(48)30-31-35(46)43(28(23-44)25-16-12-10-13-17-25)34(39(31)22-27(40)33(30)50-39)36(47)42(21-8-2)38(4,5)6/h7-8,10-19,24,27-28,30-34,44H,1-2,9,20-23H2,3-6H3,(H,41,45)/t24-,27?,28-,30-,31+,32-,33-,34-,39+/m1/s1. The second kappa shape index (κ2) is 15.2. The maximum atomic E-state index is 14.9. The molecule has 3 aliphatic rings. The summed E-state index contributed by atoms with van der Waals surface area (Å²) in [6, 6.07) is 15.6. The predicted molar refractivity (Wildman–Crippen MR) is 193 cm³/mol. The number of halogens is 1. The van der Waals surface area contributed by atoms with Crippen molar-refractivity contribution in [3.63, 3.8) is 0 Å². The third-order valence-corrected chi connectivity index (χ3v) is 10.9. The lowest BCUT2D eigenvalue weighted by atomic mass is 9.70. The molecule has 0 aliphatic carbocycles. The summed E-state index contributed by atoms with van der Waals surface area (Å²) < 4.78 is 13.0. The maximum absolute atomic E-state index is 14.9. The summed E-state index contributed by atoms with van der Waals surface area (Å²) in [5.74, 6) is -3.79. The quantitative estimate of drug-likeness (QED) is 0.158. The van der Waals surface area contributed by atoms with Gasteiger partial charge in [-0.3, -0.25) is 19.2 Å². The number of hydrogen-bond acceptors (Lipinski definition) is 7. The molecular weight excluding hydrogens is 702 g/mol. The van der Waals surface area contributed by atoms with Gasteiger partial charge in [-0.15, -0.1) is 13.2 Å². The van der Waals surface area contributed by atoms with E-state index in [0.29, 0.717) is 24.0 Å². The molecule has 3 heterocycles. The van der Waals surface area contributed by atoms with E-state index in [9.17, 15) is 24.3 Å². The SMILES string of the molecule is C=CCCC(=O)N[C@H](C)[C@@H](OC(=O)[C@H]1[C@@H]2O[C@@]3(CC2Br)[C@@H]1C(=O)N([C@H](CO)c1ccccc1)[C@@H]3C(=O)N(CC=C)C(C)(C)C)c1ccccc1. The number of carbonyl (C=O) groups excluding carboxylic acids is 4. The zero-order valence-electron chi connectivity index (χ0n) is 29.2. The largest absolute Gasteiger partial charge is 0.455 e. The van der Waals surface area contributed by atoms with E-state index >= 15 is 0 Å². The predicted octanol–water partition coefficient (Wildman–Crippen LogP) is 5.04. The molecule has 0 aromatic heterocycles. The summed E-state index contributed by atoms with van der Waals surface area (Å²) in [7, 11) is 0. The first kappa shape index (κ1) is 37.5. The number of aliphatic hydroxyl groups excluding tert-OH is 1. The number of carbonyl (C=O) groups is 4. The number of hydrogen-bond donors (Lipinski definition) is 2. The Labute approximate surface area is 303 Å². The average molecular weight is 751 g/mol. The van der Waals surface area contributed by atoms with Crippen molar-refractivity contribution in [3.8, 4) is 0 Å². The highest BCUT2D eigenvalue weighted by molar-refractivity contribution is 9.09. The molecule has 3 fully saturated rings. The molecule has 5 rings (SSSR count). The fraction of sp³-hybridized carbons (Fsp3) is 0.487. The number of alkyl halides is 1. The van der Waals surface area contributed by atoms with Crippen molar-refractivity contribution in [2.45, 2.75) is 93.3 Å². The molecule has 1 spiro atoms. The molecule has 10 nitrogen and oxygen atoms in total. The van der Waals surface area contributed by atoms with Crippen molar-refractivity contribution in [2.75, 3.05) is 13.2 Å². The number of aliphatic hydroxyl groups is 1. The summed E-state index contributed by atoms with van der Waals surface area (Å²) in [5, 5.41) is 13.8. The minimum absolute atomic E-state index is 0.209. The van der Waals surface area contributed by atoms with Crippen LogP contribution in [-0.4, -0.2) is 85.9 Å². The Bertz CT molecular complexity index is 1580. The first-order valence-electron chi connectivity index (χ1n) is 17.2. The summed E-state index contributed by atoms with van der Waals surface area (Å²) in [4.78, 5) is 59.8. The number of rotatable bonds is 14. The van der Waals surface area contributed by atoms with Crippen LogP contribution in [-0.2, 0) is 28.7 Å². The van der Waals surface area contributed by atoms with Gasteiger partial charge in [0, 0.05) is 23.3 Å². The Morgan fingerprint density at radius 3 is 2.28 bits per heavy atom. The zero-order valence-corrected chi connectivity index (χ0v) is 30.8. The third-order valence-electron chi connectivity index (χ3n) is 10.1. The Balaban J connectivity index is 1.57. The molecule has 2 aromatic rings. The maximum Gasteiger partial charge on any atom is 0.313 e. The summed E-state index contributed by atoms with van der Waals surface area (Å²) in [6.07, 6.45) is 2.71. The first-order chi connectivity index (χ1) is 23.8. The minimum atomic E-state index is -1.38. The van der Waals surface area contributed by atoms with Gasteiger partial charge in [-0.05, 0) is 51.7 Å². The van der Waals surface area contributed by atoms with Gasteiger partial charge in [0.05, 0.1) is 36.6 Å². The van der Waals surface area contributed by atoms with Crippen LogP contribution in [0.2, 0.25) is 0 Å². The number of allylic oxidation sites excluding steroid dienone is 1. The van der Waals surface area contributed by atoms with Crippen LogP contribution in [0.25, 0.3) is 0 Å². The number of likely N-dealkylation sites (tertiary alicyclic amines) is 1. The van der Waals surface area contributed by atoms with Gasteiger partial charge in [0.2, 0.25) is 17.7 Å². The van der Waals surface area contributed by atoms with Crippen LogP contribution < -0.4 is 5.32 Å². The molecule has 11 heteroatoms. The van der Waals surface area contributed by atoms with Crippen molar-refractivity contribution in [1.29, 1.82) is 0 Å². The van der Waals surface area contributed by atoms with E-state index in [2.05, 4.69) is 34.4 Å². The van der Waals surface area contributed by atoms with Crippen LogP contribution in [0.4, 0.5) is 0 Å². The summed E-state index contributed by atoms with van der Waals surface area (Å²) in [6.45, 7) is 14.8. The van der Waals surface area contributed by atoms with Crippen LogP contribution >= 0.6 is 15.9 Å². The second-order valence-corrected chi connectivity index (χ2v) is 15.6. The van der Waals surface area contributed by atoms with E-state index < -0.39 is 71.8 Å². The van der Waals surface area contributed by atoms with Gasteiger partial charge in [-0.25, -0.2) is 0 Å². The first-order valence-corrected chi connectivity index (χ1v) is 18.1. The van der Waals surface area contributed by atoms with Crippen molar-refractivity contribution >= 4 is 39.6 Å². The van der Waals surface area contributed by atoms with Gasteiger partial charge in [0.15, 0.2) is 0 Å². The summed E-state index contributed by atoms with van der Waals surface area (Å²) in [5.41, 5.74) is -0.698. The van der Waals surface area contributed by atoms with E-state index in [1.807, 2.05) is 69.3 Å². The Hall–Kier alpha value is -3.80. The van der Waals surface area contributed by atoms with Crippen molar-refractivity contribution < 1.29 is 33.8 Å². The van der Waals surface area contributed by atoms with E-state index in [0.717, 1.165) is 0 Å². The lowest BCUT2D eigenvalue weighted by Crippen LogP contribution is -2.60. The molecule has 268 valence electrons. The lowest BCUT2D eigenvalue weighted by molar-refractivity contribution is -0.162. The fourth-order valence-corrected chi connectivity index (χ4v) is 8.84. The number of esters is 1. The van der Waals surface area contributed by atoms with Gasteiger partial charge in [-0.1, -0.05) is 88.7 Å². The van der Waals surface area contributed by atoms with E-state index in [1.54, 1.807) is 36.1 Å². The van der Waals surface area contributed by atoms with Crippen LogP contribution in [0.3, 0.4) is 0 Å². The van der Waals surface area contributed by atoms with Gasteiger partial charge >= 0.3 is 5.97 Å². The molecule has 2 bridgehead atoms. The molecule has 2 aromatic carbocycles. The smallest absolute Gasteiger partial charge is 0.313 e. The van der Waals surface area contributed by atoms with E-state index in [-0.39, 0.29) is 29.6 Å². The van der Waals surface area contributed by atoms with E-state index in [1.165, 1.54) is 4.90 Å². The zero-order chi connectivity index (χ0) is 36.4. The monoisotopic (exact) mass is 749 g/mol. The Morgan fingerprint density at radius 1 is 1.10 bits per heavy atom. The topological polar surface area (TPSA) is 125 Å². The van der Waals surface area contributed by atoms with Crippen molar-refractivity contribution in [1.82, 2.24) is 15.1 Å². The molecule has 0 radical (unpaired) electrons. The summed E-state index contributed by atoms with van der Waals surface area (Å²) >= 11 is 3.74. The number of nitrogens with one attached hydrogen (secondary N) is 1. The van der Waals surface area contributed by atoms with Gasteiger partial charge < -0.3 is 29.7 Å². The number of nitrogens with zero attached hydrogens (tertiary/aromatic N) is 2. The van der Waals surface area contributed by atoms with Gasteiger partial charge in [-0.2, -0.15) is 0 Å². The number of benzene rings is 2. The highest BCUT2D eigenvalue weighted by atomic mass is 79.9. The molecule has 2 N–H and O–H groups in total. The van der Waals surface area contributed by atoms with Crippen molar-refractivity contribution in [2.24, 2.45) is 11.8 Å². The molecule has 9 atom stereocenters. The highest BCUT2D eigenvalue weighted by Crippen LogP contribution is 2.61. The van der Waals surface area contributed by atoms with Gasteiger partial charge in [0.1, 0.15) is 17.7 Å². The number of ether oxygens (including phenoxy) is 2. The normalized spacial score (nSPS) is 27.2. The van der Waals surface area contributed by atoms with Crippen LogP contribution in [0.15, 0.2) is 86.0 Å². The van der Waals surface area contributed by atoms with Gasteiger partial charge in [0.25, 0.3) is 0 Å². The Kier molecular flexibility index (Phi) is 11.4. The highest BCUT2D eigenvalue weighted by Gasteiger charge is 2.78. The average Bonchev–Trinajstić information content (AvgIpc) is 3.68. The van der Waals surface area contributed by atoms with Crippen LogP contribution in [0.1, 0.15) is 70.2 Å². The molecule has 50 heavy (non-hydrogen) atoms. The number of amides is 3. The molecule has 0 saturated carbocycles. The molecule has 3 saturated heterocycles. The van der Waals surface area contributed by atoms with Crippen LogP contribution in [0.5, 0.6) is 0 Å². The molecular formula is C39H48BrN3O7.